The summed E-state index contributed by atoms with van der Waals surface area (Å²) in [6.07, 6.45) is 2.90. The van der Waals surface area contributed by atoms with Crippen LogP contribution in [0.25, 0.3) is 0 Å². The Bertz CT molecular complexity index is 405. The highest BCUT2D eigenvalue weighted by Crippen LogP contribution is 2.37. The molecular weight excluding hydrogens is 246 g/mol. The fourth-order valence-electron chi connectivity index (χ4n) is 1.82. The first-order valence-corrected chi connectivity index (χ1v) is 7.19. The molecule has 0 saturated carbocycles. The minimum atomic E-state index is 0.0547. The molecule has 0 spiro atoms. The monoisotopic (exact) mass is 269 g/mol. The minimum absolute atomic E-state index is 0.0547. The van der Waals surface area contributed by atoms with Crippen molar-refractivity contribution in [3.63, 3.8) is 0 Å². The Balaban J connectivity index is 3.17. The van der Waals surface area contributed by atoms with Crippen molar-refractivity contribution in [3.05, 3.63) is 17.7 Å². The van der Waals surface area contributed by atoms with Crippen molar-refractivity contribution in [3.8, 4) is 11.5 Å². The van der Waals surface area contributed by atoms with Crippen molar-refractivity contribution in [1.82, 2.24) is 0 Å². The third-order valence-electron chi connectivity index (χ3n) is 3.01. The minimum Gasteiger partial charge on any atom is -0.496 e. The van der Waals surface area contributed by atoms with Gasteiger partial charge in [-0.25, -0.2) is 0 Å². The average Bonchev–Trinajstić information content (AvgIpc) is 2.37. The molecule has 0 aliphatic heterocycles. The molecule has 1 aromatic rings. The lowest BCUT2D eigenvalue weighted by Crippen LogP contribution is -2.26. The summed E-state index contributed by atoms with van der Waals surface area (Å²) >= 11 is 1.65. The van der Waals surface area contributed by atoms with Crippen molar-refractivity contribution in [2.45, 2.75) is 25.2 Å². The maximum Gasteiger partial charge on any atom is 0.132 e. The van der Waals surface area contributed by atoms with E-state index in [4.69, 9.17) is 15.2 Å². The van der Waals surface area contributed by atoms with E-state index in [1.165, 1.54) is 0 Å². The molecule has 4 heteroatoms. The Morgan fingerprint density at radius 1 is 1.17 bits per heavy atom. The van der Waals surface area contributed by atoms with Gasteiger partial charge in [0.25, 0.3) is 0 Å². The topological polar surface area (TPSA) is 44.5 Å². The summed E-state index contributed by atoms with van der Waals surface area (Å²) in [6, 6.07) is 4.09. The molecule has 1 aromatic carbocycles. The molecule has 0 aliphatic carbocycles. The Labute approximate surface area is 114 Å². The second-order valence-corrected chi connectivity index (χ2v) is 5.91. The highest BCUT2D eigenvalue weighted by Gasteiger charge is 2.20. The van der Waals surface area contributed by atoms with E-state index in [0.29, 0.717) is 6.54 Å². The van der Waals surface area contributed by atoms with Crippen LogP contribution < -0.4 is 15.2 Å². The number of benzene rings is 1. The Hall–Kier alpha value is -0.870. The summed E-state index contributed by atoms with van der Waals surface area (Å²) in [5, 5.41) is 0. The fourth-order valence-corrected chi connectivity index (χ4v) is 2.39. The number of methoxy groups -OCH3 is 2. The fraction of sp³-hybridized carbons (Fsp3) is 0.571. The van der Waals surface area contributed by atoms with Gasteiger partial charge in [-0.3, -0.25) is 0 Å². The number of thioether (sulfide) groups is 1. The molecule has 0 amide bonds. The Kier molecular flexibility index (Phi) is 5.35. The summed E-state index contributed by atoms with van der Waals surface area (Å²) in [4.78, 5) is 1.09. The number of ether oxygens (including phenoxy) is 2. The molecule has 0 atom stereocenters. The van der Waals surface area contributed by atoms with Crippen LogP contribution in [0.5, 0.6) is 11.5 Å². The van der Waals surface area contributed by atoms with Gasteiger partial charge in [-0.05, 0) is 42.3 Å². The highest BCUT2D eigenvalue weighted by atomic mass is 32.2. The maximum atomic E-state index is 5.80. The quantitative estimate of drug-likeness (QED) is 0.806. The molecule has 0 bridgehead atoms. The van der Waals surface area contributed by atoms with E-state index in [1.54, 1.807) is 26.0 Å². The summed E-state index contributed by atoms with van der Waals surface area (Å²) in [5.74, 6) is 1.80. The predicted molar refractivity (Wildman–Crippen MR) is 77.9 cm³/mol. The number of hydrogen-bond acceptors (Lipinski definition) is 4. The normalized spacial score (nSPS) is 11.4. The van der Waals surface area contributed by atoms with Crippen LogP contribution in [0.4, 0.5) is 0 Å². The van der Waals surface area contributed by atoms with Crippen LogP contribution in [0, 0.1) is 5.41 Å². The molecule has 2 N–H and O–H groups in total. The second-order valence-electron chi connectivity index (χ2n) is 5.06. The first kappa shape index (κ1) is 15.2. The van der Waals surface area contributed by atoms with Crippen LogP contribution in [0.2, 0.25) is 0 Å². The van der Waals surface area contributed by atoms with Crippen LogP contribution in [0.15, 0.2) is 17.0 Å². The van der Waals surface area contributed by atoms with Crippen LogP contribution >= 0.6 is 11.8 Å². The maximum absolute atomic E-state index is 5.80. The van der Waals surface area contributed by atoms with Crippen LogP contribution in [-0.2, 0) is 6.42 Å². The van der Waals surface area contributed by atoms with Gasteiger partial charge in [0.1, 0.15) is 11.5 Å². The van der Waals surface area contributed by atoms with Crippen molar-refractivity contribution in [1.29, 1.82) is 0 Å². The standard InChI is InChI=1S/C14H23NO2S/c1-14(2,9-15)8-10-6-12(17-4)13(18-5)7-11(10)16-3/h6-7H,8-9,15H2,1-5H3. The zero-order valence-electron chi connectivity index (χ0n) is 11.9. The van der Waals surface area contributed by atoms with E-state index < -0.39 is 0 Å². The van der Waals surface area contributed by atoms with Gasteiger partial charge in [-0.15, -0.1) is 11.8 Å². The molecule has 0 unspecified atom stereocenters. The molecule has 0 fully saturated rings. The predicted octanol–water partition coefficient (Wildman–Crippen LogP) is 2.95. The van der Waals surface area contributed by atoms with E-state index in [2.05, 4.69) is 19.9 Å². The van der Waals surface area contributed by atoms with Gasteiger partial charge in [-0.1, -0.05) is 13.8 Å². The van der Waals surface area contributed by atoms with Gasteiger partial charge in [0.05, 0.1) is 19.1 Å². The van der Waals surface area contributed by atoms with Crippen molar-refractivity contribution in [2.75, 3.05) is 27.0 Å². The van der Waals surface area contributed by atoms with Crippen molar-refractivity contribution < 1.29 is 9.47 Å². The number of rotatable bonds is 6. The molecule has 3 nitrogen and oxygen atoms in total. The van der Waals surface area contributed by atoms with E-state index in [-0.39, 0.29) is 5.41 Å². The molecule has 0 radical (unpaired) electrons. The molecule has 18 heavy (non-hydrogen) atoms. The second kappa shape index (κ2) is 6.34. The van der Waals surface area contributed by atoms with Gasteiger partial charge in [0.15, 0.2) is 0 Å². The van der Waals surface area contributed by atoms with Gasteiger partial charge in [0, 0.05) is 0 Å². The van der Waals surface area contributed by atoms with E-state index in [1.807, 2.05) is 12.3 Å². The zero-order chi connectivity index (χ0) is 13.8. The van der Waals surface area contributed by atoms with Crippen LogP contribution in [0.1, 0.15) is 19.4 Å². The third kappa shape index (κ3) is 3.56. The summed E-state index contributed by atoms with van der Waals surface area (Å²) in [5.41, 5.74) is 6.99. The third-order valence-corrected chi connectivity index (χ3v) is 3.77. The SMILES string of the molecule is COc1cc(SC)c(OC)cc1CC(C)(C)CN. The molecule has 1 rings (SSSR count). The van der Waals surface area contributed by atoms with E-state index in [9.17, 15) is 0 Å². The lowest BCUT2D eigenvalue weighted by atomic mass is 9.85. The molecule has 0 heterocycles. The first-order chi connectivity index (χ1) is 8.47. The average molecular weight is 269 g/mol. The van der Waals surface area contributed by atoms with Crippen LogP contribution in [0.3, 0.4) is 0 Å². The summed E-state index contributed by atoms with van der Waals surface area (Å²) in [7, 11) is 3.39. The van der Waals surface area contributed by atoms with Gasteiger partial charge < -0.3 is 15.2 Å². The smallest absolute Gasteiger partial charge is 0.132 e. The largest absolute Gasteiger partial charge is 0.496 e. The molecule has 0 aromatic heterocycles. The Morgan fingerprint density at radius 3 is 2.22 bits per heavy atom. The molecule has 0 saturated heterocycles. The van der Waals surface area contributed by atoms with Crippen molar-refractivity contribution >= 4 is 11.8 Å². The van der Waals surface area contributed by atoms with Gasteiger partial charge >= 0.3 is 0 Å². The highest BCUT2D eigenvalue weighted by molar-refractivity contribution is 7.98. The summed E-state index contributed by atoms with van der Waals surface area (Å²) in [6.45, 7) is 4.95. The van der Waals surface area contributed by atoms with E-state index in [0.717, 1.165) is 28.4 Å². The van der Waals surface area contributed by atoms with Gasteiger partial charge in [-0.2, -0.15) is 0 Å². The number of nitrogens with two attached hydrogens (primary N) is 1. The summed E-state index contributed by atoms with van der Waals surface area (Å²) < 4.78 is 10.9. The zero-order valence-corrected chi connectivity index (χ0v) is 12.7. The Morgan fingerprint density at radius 2 is 1.78 bits per heavy atom. The number of hydrogen-bond donors (Lipinski definition) is 1. The van der Waals surface area contributed by atoms with Gasteiger partial charge in [0.2, 0.25) is 0 Å². The first-order valence-electron chi connectivity index (χ1n) is 5.96. The van der Waals surface area contributed by atoms with Crippen molar-refractivity contribution in [2.24, 2.45) is 11.1 Å². The van der Waals surface area contributed by atoms with E-state index >= 15 is 0 Å². The van der Waals surface area contributed by atoms with Crippen LogP contribution in [-0.4, -0.2) is 27.0 Å². The molecule has 102 valence electrons. The lowest BCUT2D eigenvalue weighted by molar-refractivity contribution is 0.354. The molecular formula is C14H23NO2S. The molecule has 0 aliphatic rings. The lowest BCUT2D eigenvalue weighted by Gasteiger charge is -2.24.